The van der Waals surface area contributed by atoms with Crippen molar-refractivity contribution in [3.8, 4) is 0 Å². The van der Waals surface area contributed by atoms with Gasteiger partial charge in [0.25, 0.3) is 0 Å². The van der Waals surface area contributed by atoms with Gasteiger partial charge < -0.3 is 5.32 Å². The summed E-state index contributed by atoms with van der Waals surface area (Å²) >= 11 is 5.16. The summed E-state index contributed by atoms with van der Waals surface area (Å²) in [7, 11) is 0. The van der Waals surface area contributed by atoms with Crippen molar-refractivity contribution in [2.45, 2.75) is 27.3 Å². The van der Waals surface area contributed by atoms with Gasteiger partial charge in [-0.05, 0) is 50.7 Å². The lowest BCUT2D eigenvalue weighted by Gasteiger charge is -2.07. The van der Waals surface area contributed by atoms with E-state index in [1.165, 1.54) is 17.2 Å². The van der Waals surface area contributed by atoms with E-state index in [2.05, 4.69) is 52.1 Å². The molecule has 0 saturated heterocycles. The molecule has 1 aromatic heterocycles. The topological polar surface area (TPSA) is 54.2 Å². The molecule has 28 heavy (non-hydrogen) atoms. The highest BCUT2D eigenvalue weighted by Gasteiger charge is 2.10. The van der Waals surface area contributed by atoms with Crippen molar-refractivity contribution < 1.29 is 4.39 Å². The molecule has 0 radical (unpaired) electrons. The van der Waals surface area contributed by atoms with Crippen LogP contribution in [-0.4, -0.2) is 21.1 Å². The van der Waals surface area contributed by atoms with E-state index in [0.717, 1.165) is 17.0 Å². The van der Waals surface area contributed by atoms with Crippen LogP contribution in [-0.2, 0) is 6.54 Å². The van der Waals surface area contributed by atoms with Gasteiger partial charge in [-0.15, -0.1) is 0 Å². The molecule has 0 bridgehead atoms. The fourth-order valence-corrected chi connectivity index (χ4v) is 2.95. The summed E-state index contributed by atoms with van der Waals surface area (Å²) < 4.78 is 15.6. The van der Waals surface area contributed by atoms with Crippen molar-refractivity contribution in [3.05, 3.63) is 82.4 Å². The summed E-state index contributed by atoms with van der Waals surface area (Å²) in [5.74, 6) is -0.375. The first kappa shape index (κ1) is 19.7. The Labute approximate surface area is 169 Å². The molecule has 0 aliphatic rings. The third kappa shape index (κ3) is 4.80. The van der Waals surface area contributed by atoms with E-state index in [1.807, 2.05) is 18.5 Å². The maximum atomic E-state index is 13.6. The number of hydrogen-bond donors (Lipinski definition) is 2. The second-order valence-corrected chi connectivity index (χ2v) is 6.94. The van der Waals surface area contributed by atoms with Crippen molar-refractivity contribution in [1.29, 1.82) is 0 Å². The molecule has 0 amide bonds. The average molecular weight is 396 g/mol. The minimum Gasteiger partial charge on any atom is -0.329 e. The number of anilines is 1. The normalized spacial score (nSPS) is 11.0. The first-order valence-corrected chi connectivity index (χ1v) is 9.29. The zero-order chi connectivity index (χ0) is 20.1. The smallest absolute Gasteiger partial charge is 0.191 e. The number of hydrogen-bond acceptors (Lipinski definition) is 3. The molecule has 5 nitrogen and oxygen atoms in total. The summed E-state index contributed by atoms with van der Waals surface area (Å²) in [5.41, 5.74) is 8.25. The highest BCUT2D eigenvalue weighted by atomic mass is 32.1. The van der Waals surface area contributed by atoms with Crippen LogP contribution in [0.15, 0.2) is 53.6 Å². The number of benzene rings is 2. The SMILES string of the molecule is Cc1ccc(Cn2nc(C)c(/C=N\NC(=S)Nc3ccccc3F)c2C)cc1. The monoisotopic (exact) mass is 395 g/mol. The van der Waals surface area contributed by atoms with Gasteiger partial charge in [0.2, 0.25) is 0 Å². The zero-order valence-corrected chi connectivity index (χ0v) is 16.8. The molecule has 0 aliphatic carbocycles. The number of aryl methyl sites for hydroxylation is 2. The lowest BCUT2D eigenvalue weighted by molar-refractivity contribution is 0.632. The first-order chi connectivity index (χ1) is 13.4. The largest absolute Gasteiger partial charge is 0.329 e. The third-order valence-corrected chi connectivity index (χ3v) is 4.57. The molecule has 3 rings (SSSR count). The summed E-state index contributed by atoms with van der Waals surface area (Å²) in [5, 5.41) is 11.8. The Kier molecular flexibility index (Phi) is 6.16. The number of hydrazone groups is 1. The van der Waals surface area contributed by atoms with Crippen LogP contribution in [0.2, 0.25) is 0 Å². The summed E-state index contributed by atoms with van der Waals surface area (Å²) in [6, 6.07) is 14.7. The van der Waals surface area contributed by atoms with Gasteiger partial charge in [-0.25, -0.2) is 4.39 Å². The van der Waals surface area contributed by atoms with E-state index < -0.39 is 0 Å². The van der Waals surface area contributed by atoms with Gasteiger partial charge in [-0.1, -0.05) is 42.0 Å². The fraction of sp³-hybridized carbons (Fsp3) is 0.190. The Bertz CT molecular complexity index is 1010. The summed E-state index contributed by atoms with van der Waals surface area (Å²) in [6.07, 6.45) is 1.68. The van der Waals surface area contributed by atoms with E-state index in [9.17, 15) is 4.39 Å². The van der Waals surface area contributed by atoms with Crippen LogP contribution in [0.4, 0.5) is 10.1 Å². The molecule has 1 heterocycles. The quantitative estimate of drug-likeness (QED) is 0.384. The highest BCUT2D eigenvalue weighted by molar-refractivity contribution is 7.80. The standard InChI is InChI=1S/C21H22FN5S/c1-14-8-10-17(11-9-14)13-27-16(3)18(15(2)26-27)12-23-25-21(28)24-20-7-5-4-6-19(20)22/h4-12H,13H2,1-3H3,(H2,24,25,28)/b23-12-. The van der Waals surface area contributed by atoms with Crippen LogP contribution in [0.25, 0.3) is 0 Å². The Balaban J connectivity index is 1.65. The highest BCUT2D eigenvalue weighted by Crippen LogP contribution is 2.14. The minimum atomic E-state index is -0.375. The van der Waals surface area contributed by atoms with E-state index in [-0.39, 0.29) is 10.9 Å². The third-order valence-electron chi connectivity index (χ3n) is 4.37. The molecule has 144 valence electrons. The van der Waals surface area contributed by atoms with Gasteiger partial charge in [0.15, 0.2) is 5.11 Å². The van der Waals surface area contributed by atoms with Crippen LogP contribution in [0.3, 0.4) is 0 Å². The van der Waals surface area contributed by atoms with Crippen LogP contribution >= 0.6 is 12.2 Å². The van der Waals surface area contributed by atoms with Crippen molar-refractivity contribution >= 4 is 29.2 Å². The first-order valence-electron chi connectivity index (χ1n) is 8.88. The van der Waals surface area contributed by atoms with Crippen molar-refractivity contribution in [3.63, 3.8) is 0 Å². The van der Waals surface area contributed by atoms with Crippen molar-refractivity contribution in [2.75, 3.05) is 5.32 Å². The van der Waals surface area contributed by atoms with Gasteiger partial charge >= 0.3 is 0 Å². The molecule has 0 spiro atoms. The molecule has 0 fully saturated rings. The molecule has 3 aromatic rings. The lowest BCUT2D eigenvalue weighted by Crippen LogP contribution is -2.24. The number of nitrogens with zero attached hydrogens (tertiary/aromatic N) is 3. The maximum absolute atomic E-state index is 13.6. The van der Waals surface area contributed by atoms with Crippen LogP contribution in [0, 0.1) is 26.6 Å². The Hall–Kier alpha value is -3.06. The second kappa shape index (κ2) is 8.75. The Morgan fingerprint density at radius 2 is 1.86 bits per heavy atom. The molecular weight excluding hydrogens is 373 g/mol. The predicted octanol–water partition coefficient (Wildman–Crippen LogP) is 4.32. The molecule has 0 aliphatic heterocycles. The predicted molar refractivity (Wildman–Crippen MR) is 115 cm³/mol. The fourth-order valence-electron chi connectivity index (χ4n) is 2.79. The number of nitrogens with one attached hydrogen (secondary N) is 2. The van der Waals surface area contributed by atoms with Crippen LogP contribution in [0.1, 0.15) is 28.1 Å². The van der Waals surface area contributed by atoms with Gasteiger partial charge in [0, 0.05) is 11.3 Å². The van der Waals surface area contributed by atoms with E-state index in [0.29, 0.717) is 12.2 Å². The Morgan fingerprint density at radius 3 is 2.57 bits per heavy atom. The summed E-state index contributed by atoms with van der Waals surface area (Å²) in [6.45, 7) is 6.71. The van der Waals surface area contributed by atoms with E-state index in [4.69, 9.17) is 12.2 Å². The van der Waals surface area contributed by atoms with Crippen molar-refractivity contribution in [1.82, 2.24) is 15.2 Å². The number of halogens is 1. The van der Waals surface area contributed by atoms with Gasteiger partial charge in [-0.2, -0.15) is 10.2 Å². The number of aromatic nitrogens is 2. The Morgan fingerprint density at radius 1 is 1.14 bits per heavy atom. The average Bonchev–Trinajstić information content (AvgIpc) is 2.93. The van der Waals surface area contributed by atoms with Gasteiger partial charge in [0.05, 0.1) is 24.1 Å². The van der Waals surface area contributed by atoms with Crippen LogP contribution in [0.5, 0.6) is 0 Å². The number of thiocarbonyl (C=S) groups is 1. The van der Waals surface area contributed by atoms with Gasteiger partial charge in [-0.3, -0.25) is 10.1 Å². The zero-order valence-electron chi connectivity index (χ0n) is 16.0. The number of para-hydroxylation sites is 1. The van der Waals surface area contributed by atoms with Gasteiger partial charge in [0.1, 0.15) is 5.82 Å². The molecule has 0 atom stereocenters. The van der Waals surface area contributed by atoms with Crippen molar-refractivity contribution in [2.24, 2.45) is 5.10 Å². The van der Waals surface area contributed by atoms with E-state index >= 15 is 0 Å². The lowest BCUT2D eigenvalue weighted by atomic mass is 10.1. The molecular formula is C21H22FN5S. The molecule has 0 unspecified atom stereocenters. The molecule has 2 aromatic carbocycles. The van der Waals surface area contributed by atoms with E-state index in [1.54, 1.807) is 24.4 Å². The minimum absolute atomic E-state index is 0.212. The van der Waals surface area contributed by atoms with Crippen LogP contribution < -0.4 is 10.7 Å². The molecule has 2 N–H and O–H groups in total. The molecule has 0 saturated carbocycles. The molecule has 7 heteroatoms. The maximum Gasteiger partial charge on any atom is 0.191 e. The second-order valence-electron chi connectivity index (χ2n) is 6.53. The summed E-state index contributed by atoms with van der Waals surface area (Å²) in [4.78, 5) is 0. The number of rotatable bonds is 5.